The van der Waals surface area contributed by atoms with Gasteiger partial charge in [-0.1, -0.05) is 0 Å². The molecule has 0 radical (unpaired) electrons. The maximum atomic E-state index is 11.3. The van der Waals surface area contributed by atoms with Crippen molar-refractivity contribution in [3.8, 4) is 6.07 Å². The highest BCUT2D eigenvalue weighted by Gasteiger charge is 2.13. The number of hydrogen-bond acceptors (Lipinski definition) is 4. The largest absolute Gasteiger partial charge is 0.478 e. The molecule has 0 aliphatic rings. The van der Waals surface area contributed by atoms with Crippen molar-refractivity contribution in [3.63, 3.8) is 0 Å². The smallest absolute Gasteiger partial charge is 0.328 e. The van der Waals surface area contributed by atoms with E-state index in [1.807, 2.05) is 13.0 Å². The van der Waals surface area contributed by atoms with Crippen molar-refractivity contribution in [1.82, 2.24) is 0 Å². The third-order valence-corrected chi connectivity index (χ3v) is 3.23. The van der Waals surface area contributed by atoms with Gasteiger partial charge in [0, 0.05) is 17.0 Å². The van der Waals surface area contributed by atoms with E-state index in [9.17, 15) is 9.59 Å². The first-order valence-electron chi connectivity index (χ1n) is 4.67. The van der Waals surface area contributed by atoms with E-state index < -0.39 is 11.9 Å². The number of amides is 1. The van der Waals surface area contributed by atoms with Gasteiger partial charge in [-0.15, -0.1) is 11.3 Å². The standard InChI is InChI=1S/C11H10N2O3S/c1-6-7(2)17-11(8(6)5-12)13-9(14)3-4-10(15)16/h3-4H,1-2H3,(H,13,14)(H,15,16)/b4-3+. The fraction of sp³-hybridized carbons (Fsp3) is 0.182. The summed E-state index contributed by atoms with van der Waals surface area (Å²) >= 11 is 1.29. The summed E-state index contributed by atoms with van der Waals surface area (Å²) in [6, 6.07) is 2.01. The number of thiophene rings is 1. The molecule has 1 heterocycles. The lowest BCUT2D eigenvalue weighted by molar-refractivity contribution is -0.131. The maximum Gasteiger partial charge on any atom is 0.328 e. The molecule has 1 rings (SSSR count). The van der Waals surface area contributed by atoms with Gasteiger partial charge in [-0.3, -0.25) is 4.79 Å². The van der Waals surface area contributed by atoms with Gasteiger partial charge >= 0.3 is 5.97 Å². The minimum absolute atomic E-state index is 0.421. The van der Waals surface area contributed by atoms with Gasteiger partial charge in [-0.25, -0.2) is 4.79 Å². The van der Waals surface area contributed by atoms with Crippen LogP contribution in [-0.4, -0.2) is 17.0 Å². The second-order valence-corrected chi connectivity index (χ2v) is 4.48. The molecule has 88 valence electrons. The summed E-state index contributed by atoms with van der Waals surface area (Å²) in [5.74, 6) is -1.76. The van der Waals surface area contributed by atoms with Crippen LogP contribution < -0.4 is 5.32 Å². The molecular formula is C11H10N2O3S. The molecule has 0 bridgehead atoms. The molecule has 0 aliphatic carbocycles. The quantitative estimate of drug-likeness (QED) is 0.800. The van der Waals surface area contributed by atoms with Crippen LogP contribution in [0.15, 0.2) is 12.2 Å². The second-order valence-electron chi connectivity index (χ2n) is 3.26. The molecular weight excluding hydrogens is 240 g/mol. The molecule has 0 spiro atoms. The third-order valence-electron chi connectivity index (χ3n) is 2.11. The van der Waals surface area contributed by atoms with E-state index in [-0.39, 0.29) is 0 Å². The van der Waals surface area contributed by atoms with Crippen molar-refractivity contribution < 1.29 is 14.7 Å². The lowest BCUT2D eigenvalue weighted by atomic mass is 10.2. The molecule has 0 aromatic carbocycles. The van der Waals surface area contributed by atoms with E-state index in [1.165, 1.54) is 11.3 Å². The maximum absolute atomic E-state index is 11.3. The van der Waals surface area contributed by atoms with E-state index in [0.717, 1.165) is 22.6 Å². The molecule has 0 saturated carbocycles. The number of rotatable bonds is 3. The Bertz CT molecular complexity index is 538. The first-order valence-corrected chi connectivity index (χ1v) is 5.49. The van der Waals surface area contributed by atoms with Gasteiger partial charge in [0.1, 0.15) is 11.1 Å². The Labute approximate surface area is 102 Å². The Hall–Kier alpha value is -2.13. The molecule has 17 heavy (non-hydrogen) atoms. The number of carboxylic acid groups (broad SMARTS) is 1. The number of carboxylic acids is 1. The minimum atomic E-state index is -1.20. The number of anilines is 1. The van der Waals surface area contributed by atoms with Gasteiger partial charge in [0.2, 0.25) is 5.91 Å². The fourth-order valence-corrected chi connectivity index (χ4v) is 2.16. The van der Waals surface area contributed by atoms with E-state index in [0.29, 0.717) is 10.6 Å². The average Bonchev–Trinajstić information content (AvgIpc) is 2.51. The Morgan fingerprint density at radius 2 is 2.06 bits per heavy atom. The molecule has 6 heteroatoms. The van der Waals surface area contributed by atoms with Crippen molar-refractivity contribution in [1.29, 1.82) is 5.26 Å². The first-order chi connectivity index (χ1) is 7.95. The van der Waals surface area contributed by atoms with Gasteiger partial charge < -0.3 is 10.4 Å². The molecule has 0 aliphatic heterocycles. The summed E-state index contributed by atoms with van der Waals surface area (Å²) in [5.41, 5.74) is 1.25. The van der Waals surface area contributed by atoms with Crippen molar-refractivity contribution in [3.05, 3.63) is 28.2 Å². The highest BCUT2D eigenvalue weighted by atomic mass is 32.1. The Morgan fingerprint density at radius 3 is 2.59 bits per heavy atom. The zero-order valence-electron chi connectivity index (χ0n) is 9.27. The van der Waals surface area contributed by atoms with E-state index in [4.69, 9.17) is 10.4 Å². The van der Waals surface area contributed by atoms with Crippen LogP contribution in [0.5, 0.6) is 0 Å². The Balaban J connectivity index is 2.90. The Morgan fingerprint density at radius 1 is 1.41 bits per heavy atom. The summed E-state index contributed by atoms with van der Waals surface area (Å²) in [6.07, 6.45) is 1.66. The van der Waals surface area contributed by atoms with Crippen LogP contribution in [0.4, 0.5) is 5.00 Å². The molecule has 0 unspecified atom stereocenters. The molecule has 1 aromatic rings. The number of carbonyl (C=O) groups is 2. The highest BCUT2D eigenvalue weighted by molar-refractivity contribution is 7.16. The number of aryl methyl sites for hydroxylation is 1. The van der Waals surface area contributed by atoms with Crippen molar-refractivity contribution in [2.24, 2.45) is 0 Å². The van der Waals surface area contributed by atoms with Gasteiger partial charge in [0.25, 0.3) is 0 Å². The summed E-state index contributed by atoms with van der Waals surface area (Å²) in [5, 5.41) is 20.2. The van der Waals surface area contributed by atoms with Crippen LogP contribution in [0.2, 0.25) is 0 Å². The topological polar surface area (TPSA) is 90.2 Å². The van der Waals surface area contributed by atoms with Crippen LogP contribution in [0.25, 0.3) is 0 Å². The summed E-state index contributed by atoms with van der Waals surface area (Å²) in [6.45, 7) is 3.65. The van der Waals surface area contributed by atoms with Crippen LogP contribution >= 0.6 is 11.3 Å². The molecule has 5 nitrogen and oxygen atoms in total. The zero-order chi connectivity index (χ0) is 13.0. The number of aliphatic carboxylic acids is 1. The van der Waals surface area contributed by atoms with Crippen LogP contribution in [-0.2, 0) is 9.59 Å². The Kier molecular flexibility index (Phi) is 4.01. The number of hydrogen-bond donors (Lipinski definition) is 2. The number of nitrogens with one attached hydrogen (secondary N) is 1. The van der Waals surface area contributed by atoms with Gasteiger partial charge in [-0.2, -0.15) is 5.26 Å². The number of nitrogens with zero attached hydrogens (tertiary/aromatic N) is 1. The van der Waals surface area contributed by atoms with Crippen molar-refractivity contribution >= 4 is 28.2 Å². The summed E-state index contributed by atoms with van der Waals surface area (Å²) in [7, 11) is 0. The molecule has 0 atom stereocenters. The highest BCUT2D eigenvalue weighted by Crippen LogP contribution is 2.31. The van der Waals surface area contributed by atoms with Crippen molar-refractivity contribution in [2.45, 2.75) is 13.8 Å². The van der Waals surface area contributed by atoms with Crippen LogP contribution in [0, 0.1) is 25.2 Å². The summed E-state index contributed by atoms with van der Waals surface area (Å²) < 4.78 is 0. The van der Waals surface area contributed by atoms with E-state index >= 15 is 0 Å². The third kappa shape index (κ3) is 3.16. The van der Waals surface area contributed by atoms with Crippen LogP contribution in [0.1, 0.15) is 16.0 Å². The van der Waals surface area contributed by atoms with Gasteiger partial charge in [0.05, 0.1) is 5.56 Å². The second kappa shape index (κ2) is 5.27. The SMILES string of the molecule is Cc1sc(NC(=O)/C=C/C(=O)O)c(C#N)c1C. The van der Waals surface area contributed by atoms with E-state index in [2.05, 4.69) is 5.32 Å². The van der Waals surface area contributed by atoms with E-state index in [1.54, 1.807) is 6.92 Å². The average molecular weight is 250 g/mol. The molecule has 0 saturated heterocycles. The normalized spacial score (nSPS) is 10.2. The number of carbonyl (C=O) groups excluding carboxylic acids is 1. The molecule has 1 amide bonds. The predicted octanol–water partition coefficient (Wildman–Crippen LogP) is 1.82. The van der Waals surface area contributed by atoms with Crippen molar-refractivity contribution in [2.75, 3.05) is 5.32 Å². The molecule has 0 fully saturated rings. The van der Waals surface area contributed by atoms with Gasteiger partial charge in [0.15, 0.2) is 0 Å². The van der Waals surface area contributed by atoms with Gasteiger partial charge in [-0.05, 0) is 19.4 Å². The van der Waals surface area contributed by atoms with Crippen LogP contribution in [0.3, 0.4) is 0 Å². The molecule has 2 N–H and O–H groups in total. The zero-order valence-corrected chi connectivity index (χ0v) is 10.1. The number of nitriles is 1. The summed E-state index contributed by atoms with van der Waals surface area (Å²) in [4.78, 5) is 22.5. The fourth-order valence-electron chi connectivity index (χ4n) is 1.15. The first kappa shape index (κ1) is 12.9. The minimum Gasteiger partial charge on any atom is -0.478 e. The lowest BCUT2D eigenvalue weighted by Gasteiger charge is -1.98. The predicted molar refractivity (Wildman–Crippen MR) is 63.9 cm³/mol. The molecule has 1 aromatic heterocycles. The lowest BCUT2D eigenvalue weighted by Crippen LogP contribution is -2.08. The monoisotopic (exact) mass is 250 g/mol.